The van der Waals surface area contributed by atoms with E-state index in [4.69, 9.17) is 11.6 Å². The first-order valence-corrected chi connectivity index (χ1v) is 6.79. The number of aliphatic hydroxyl groups excluding tert-OH is 1. The zero-order valence-corrected chi connectivity index (χ0v) is 11.7. The second kappa shape index (κ2) is 6.09. The van der Waals surface area contributed by atoms with Crippen LogP contribution in [-0.2, 0) is 5.54 Å². The summed E-state index contributed by atoms with van der Waals surface area (Å²) in [7, 11) is 0. The van der Waals surface area contributed by atoms with Crippen molar-refractivity contribution in [1.82, 2.24) is 0 Å². The van der Waals surface area contributed by atoms with Crippen LogP contribution in [0.4, 0.5) is 5.69 Å². The lowest BCUT2D eigenvalue weighted by molar-refractivity contribution is 0.207. The van der Waals surface area contributed by atoms with Gasteiger partial charge in [0.05, 0.1) is 22.9 Å². The summed E-state index contributed by atoms with van der Waals surface area (Å²) >= 11 is 6.19. The molecule has 0 aliphatic heterocycles. The van der Waals surface area contributed by atoms with Crippen molar-refractivity contribution in [2.75, 3.05) is 11.9 Å². The normalized spacial score (nSPS) is 13.8. The summed E-state index contributed by atoms with van der Waals surface area (Å²) in [4.78, 5) is 0. The number of hydrogen-bond acceptors (Lipinski definition) is 2. The maximum Gasteiger partial charge on any atom is 0.0854 e. The summed E-state index contributed by atoms with van der Waals surface area (Å²) < 4.78 is 0. The predicted molar refractivity (Wildman–Crippen MR) is 80.6 cm³/mol. The highest BCUT2D eigenvalue weighted by Crippen LogP contribution is 2.32. The molecular weight excluding hydrogens is 258 g/mol. The van der Waals surface area contributed by atoms with Crippen LogP contribution in [0.2, 0.25) is 5.02 Å². The van der Waals surface area contributed by atoms with Gasteiger partial charge in [-0.1, -0.05) is 61.0 Å². The summed E-state index contributed by atoms with van der Waals surface area (Å²) in [5.41, 5.74) is 1.38. The average Bonchev–Trinajstić information content (AvgIpc) is 2.48. The van der Waals surface area contributed by atoms with E-state index in [0.29, 0.717) is 5.02 Å². The maximum atomic E-state index is 9.88. The second-order valence-electron chi connectivity index (χ2n) is 4.56. The highest BCUT2D eigenvalue weighted by Gasteiger charge is 2.29. The molecule has 2 N–H and O–H groups in total. The quantitative estimate of drug-likeness (QED) is 0.863. The summed E-state index contributed by atoms with van der Waals surface area (Å²) in [5.74, 6) is 0. The van der Waals surface area contributed by atoms with Gasteiger partial charge < -0.3 is 10.4 Å². The standard InChI is InChI=1S/C16H18ClNO/c1-2-16(12-19,13-8-4-3-5-9-13)18-15-11-7-6-10-14(15)17/h3-11,18-19H,2,12H2,1H3. The number of nitrogens with one attached hydrogen (secondary N) is 1. The van der Waals surface area contributed by atoms with E-state index in [1.807, 2.05) is 61.5 Å². The molecule has 0 aromatic heterocycles. The molecule has 0 aliphatic rings. The van der Waals surface area contributed by atoms with E-state index in [0.717, 1.165) is 17.7 Å². The lowest BCUT2D eigenvalue weighted by Crippen LogP contribution is -2.38. The molecule has 2 nitrogen and oxygen atoms in total. The van der Waals surface area contributed by atoms with Crippen LogP contribution < -0.4 is 5.32 Å². The van der Waals surface area contributed by atoms with E-state index in [1.165, 1.54) is 0 Å². The monoisotopic (exact) mass is 275 g/mol. The van der Waals surface area contributed by atoms with Gasteiger partial charge in [0.15, 0.2) is 0 Å². The zero-order valence-electron chi connectivity index (χ0n) is 10.9. The first kappa shape index (κ1) is 13.9. The highest BCUT2D eigenvalue weighted by molar-refractivity contribution is 6.33. The third kappa shape index (κ3) is 2.91. The molecular formula is C16H18ClNO. The molecule has 0 radical (unpaired) electrons. The van der Waals surface area contributed by atoms with Gasteiger partial charge in [0, 0.05) is 0 Å². The molecule has 0 bridgehead atoms. The van der Waals surface area contributed by atoms with Crippen LogP contribution in [0.25, 0.3) is 0 Å². The van der Waals surface area contributed by atoms with E-state index in [1.54, 1.807) is 0 Å². The third-order valence-electron chi connectivity index (χ3n) is 3.45. The van der Waals surface area contributed by atoms with Crippen LogP contribution in [0.15, 0.2) is 54.6 Å². The van der Waals surface area contributed by atoms with Crippen molar-refractivity contribution in [3.63, 3.8) is 0 Å². The molecule has 2 aromatic rings. The fourth-order valence-electron chi connectivity index (χ4n) is 2.18. The van der Waals surface area contributed by atoms with Crippen molar-refractivity contribution in [1.29, 1.82) is 0 Å². The zero-order chi connectivity index (χ0) is 13.7. The van der Waals surface area contributed by atoms with E-state index >= 15 is 0 Å². The minimum absolute atomic E-state index is 0.0126. The Morgan fingerprint density at radius 1 is 1.05 bits per heavy atom. The summed E-state index contributed by atoms with van der Waals surface area (Å²) in [6.45, 7) is 2.06. The maximum absolute atomic E-state index is 9.88. The van der Waals surface area contributed by atoms with Crippen LogP contribution >= 0.6 is 11.6 Å². The molecule has 0 spiro atoms. The Balaban J connectivity index is 2.38. The molecule has 0 aliphatic carbocycles. The molecule has 1 atom stereocenters. The van der Waals surface area contributed by atoms with Crippen LogP contribution in [0.5, 0.6) is 0 Å². The third-order valence-corrected chi connectivity index (χ3v) is 3.78. The van der Waals surface area contributed by atoms with Crippen LogP contribution in [0, 0.1) is 0 Å². The van der Waals surface area contributed by atoms with E-state index in [9.17, 15) is 5.11 Å². The van der Waals surface area contributed by atoms with Gasteiger partial charge >= 0.3 is 0 Å². The molecule has 3 heteroatoms. The van der Waals surface area contributed by atoms with E-state index in [2.05, 4.69) is 5.32 Å². The van der Waals surface area contributed by atoms with Gasteiger partial charge in [-0.05, 0) is 24.1 Å². The van der Waals surface area contributed by atoms with Gasteiger partial charge in [0.2, 0.25) is 0 Å². The van der Waals surface area contributed by atoms with Gasteiger partial charge in [-0.3, -0.25) is 0 Å². The lowest BCUT2D eigenvalue weighted by atomic mass is 9.87. The highest BCUT2D eigenvalue weighted by atomic mass is 35.5. The molecule has 0 saturated carbocycles. The minimum Gasteiger partial charge on any atom is -0.394 e. The Kier molecular flexibility index (Phi) is 4.46. The largest absolute Gasteiger partial charge is 0.394 e. The fourth-order valence-corrected chi connectivity index (χ4v) is 2.37. The Morgan fingerprint density at radius 3 is 2.26 bits per heavy atom. The molecule has 0 heterocycles. The number of para-hydroxylation sites is 1. The van der Waals surface area contributed by atoms with Crippen molar-refractivity contribution in [3.05, 3.63) is 65.2 Å². The lowest BCUT2D eigenvalue weighted by Gasteiger charge is -2.34. The molecule has 2 aromatic carbocycles. The van der Waals surface area contributed by atoms with Gasteiger partial charge in [0.25, 0.3) is 0 Å². The number of halogens is 1. The second-order valence-corrected chi connectivity index (χ2v) is 4.97. The van der Waals surface area contributed by atoms with Gasteiger partial charge in [-0.2, -0.15) is 0 Å². The van der Waals surface area contributed by atoms with E-state index < -0.39 is 5.54 Å². The Labute approximate surface area is 119 Å². The topological polar surface area (TPSA) is 32.3 Å². The Bertz CT molecular complexity index is 523. The molecule has 19 heavy (non-hydrogen) atoms. The summed E-state index contributed by atoms with van der Waals surface area (Å²) in [5, 5.41) is 13.9. The number of benzene rings is 2. The predicted octanol–water partition coefficient (Wildman–Crippen LogP) is 4.05. The first-order chi connectivity index (χ1) is 9.22. The van der Waals surface area contributed by atoms with Crippen LogP contribution in [0.1, 0.15) is 18.9 Å². The van der Waals surface area contributed by atoms with Gasteiger partial charge in [-0.25, -0.2) is 0 Å². The molecule has 0 amide bonds. The molecule has 100 valence electrons. The van der Waals surface area contributed by atoms with Crippen molar-refractivity contribution in [3.8, 4) is 0 Å². The Morgan fingerprint density at radius 2 is 1.68 bits per heavy atom. The number of anilines is 1. The number of aliphatic hydroxyl groups is 1. The van der Waals surface area contributed by atoms with Crippen molar-refractivity contribution in [2.24, 2.45) is 0 Å². The summed E-state index contributed by atoms with van der Waals surface area (Å²) in [6.07, 6.45) is 0.763. The van der Waals surface area contributed by atoms with Gasteiger partial charge in [-0.15, -0.1) is 0 Å². The van der Waals surface area contributed by atoms with Crippen LogP contribution in [0.3, 0.4) is 0 Å². The first-order valence-electron chi connectivity index (χ1n) is 6.41. The smallest absolute Gasteiger partial charge is 0.0854 e. The molecule has 0 saturated heterocycles. The number of hydrogen-bond donors (Lipinski definition) is 2. The summed E-state index contributed by atoms with van der Waals surface area (Å²) in [6, 6.07) is 17.5. The van der Waals surface area contributed by atoms with Crippen molar-refractivity contribution >= 4 is 17.3 Å². The number of rotatable bonds is 5. The molecule has 0 fully saturated rings. The van der Waals surface area contributed by atoms with Crippen molar-refractivity contribution < 1.29 is 5.11 Å². The Hall–Kier alpha value is -1.51. The van der Waals surface area contributed by atoms with Crippen molar-refractivity contribution in [2.45, 2.75) is 18.9 Å². The SMILES string of the molecule is CCC(CO)(Nc1ccccc1Cl)c1ccccc1. The van der Waals surface area contributed by atoms with Crippen LogP contribution in [-0.4, -0.2) is 11.7 Å². The fraction of sp³-hybridized carbons (Fsp3) is 0.250. The van der Waals surface area contributed by atoms with E-state index in [-0.39, 0.29) is 6.61 Å². The van der Waals surface area contributed by atoms with Gasteiger partial charge in [0.1, 0.15) is 0 Å². The molecule has 2 rings (SSSR count). The molecule has 1 unspecified atom stereocenters. The minimum atomic E-state index is -0.508. The average molecular weight is 276 g/mol.